The van der Waals surface area contributed by atoms with Crippen LogP contribution < -0.4 is 0 Å². The maximum absolute atomic E-state index is 5.41. The molecule has 0 aromatic heterocycles. The molecule has 1 aliphatic heterocycles. The van der Waals surface area contributed by atoms with Gasteiger partial charge in [0, 0.05) is 13.2 Å². The number of hydrogen-bond acceptors (Lipinski definition) is 2. The Morgan fingerprint density at radius 3 is 2.53 bits per heavy atom. The fourth-order valence-electron chi connectivity index (χ4n) is 2.55. The molecule has 1 aromatic rings. The highest BCUT2D eigenvalue weighted by Crippen LogP contribution is 2.27. The monoisotopic (exact) mass is 233 g/mol. The summed E-state index contributed by atoms with van der Waals surface area (Å²) in [6.07, 6.45) is 2.58. The van der Waals surface area contributed by atoms with Crippen LogP contribution >= 0.6 is 0 Å². The van der Waals surface area contributed by atoms with Gasteiger partial charge in [-0.2, -0.15) is 0 Å². The molecule has 0 bridgehead atoms. The number of likely N-dealkylation sites (tertiary alicyclic amines) is 1. The largest absolute Gasteiger partial charge is 0.380 e. The van der Waals surface area contributed by atoms with Crippen LogP contribution in [0.15, 0.2) is 30.3 Å². The first kappa shape index (κ1) is 12.6. The lowest BCUT2D eigenvalue weighted by atomic mass is 9.89. The zero-order valence-electron chi connectivity index (χ0n) is 10.8. The molecule has 0 radical (unpaired) electrons. The van der Waals surface area contributed by atoms with Crippen molar-refractivity contribution < 1.29 is 4.74 Å². The summed E-state index contributed by atoms with van der Waals surface area (Å²) in [5, 5.41) is 0. The Balaban J connectivity index is 1.74. The topological polar surface area (TPSA) is 12.5 Å². The fraction of sp³-hybridized carbons (Fsp3) is 0.600. The third-order valence-corrected chi connectivity index (χ3v) is 3.61. The molecule has 0 atom stereocenters. The predicted octanol–water partition coefficient (Wildman–Crippen LogP) is 2.90. The van der Waals surface area contributed by atoms with E-state index < -0.39 is 0 Å². The summed E-state index contributed by atoms with van der Waals surface area (Å²) in [5.41, 5.74) is 1.51. The number of hydrogen-bond donors (Lipinski definition) is 0. The van der Waals surface area contributed by atoms with E-state index in [0.717, 1.165) is 25.7 Å². The van der Waals surface area contributed by atoms with Crippen molar-refractivity contribution in [2.45, 2.75) is 25.7 Å². The standard InChI is InChI=1S/C15H23NO/c1-2-17-13-12-16-10-8-15(9-11-16)14-6-4-3-5-7-14/h3-7,15H,2,8-13H2,1H3. The van der Waals surface area contributed by atoms with Crippen molar-refractivity contribution in [1.82, 2.24) is 4.90 Å². The van der Waals surface area contributed by atoms with Gasteiger partial charge < -0.3 is 9.64 Å². The minimum Gasteiger partial charge on any atom is -0.380 e. The molecule has 0 spiro atoms. The number of benzene rings is 1. The van der Waals surface area contributed by atoms with Crippen LogP contribution in [0, 0.1) is 0 Å². The van der Waals surface area contributed by atoms with E-state index in [9.17, 15) is 0 Å². The average molecular weight is 233 g/mol. The Bertz CT molecular complexity index is 304. The molecule has 1 heterocycles. The minimum absolute atomic E-state index is 0.763. The van der Waals surface area contributed by atoms with Crippen molar-refractivity contribution in [3.63, 3.8) is 0 Å². The molecule has 0 saturated carbocycles. The van der Waals surface area contributed by atoms with E-state index in [1.165, 1.54) is 31.5 Å². The lowest BCUT2D eigenvalue weighted by Gasteiger charge is -2.32. The summed E-state index contributed by atoms with van der Waals surface area (Å²) >= 11 is 0. The second kappa shape index (κ2) is 6.77. The Kier molecular flexibility index (Phi) is 5.02. The zero-order chi connectivity index (χ0) is 11.9. The highest BCUT2D eigenvalue weighted by atomic mass is 16.5. The molecule has 1 aliphatic rings. The lowest BCUT2D eigenvalue weighted by Crippen LogP contribution is -2.35. The van der Waals surface area contributed by atoms with Gasteiger partial charge in [-0.3, -0.25) is 0 Å². The van der Waals surface area contributed by atoms with Gasteiger partial charge in [0.25, 0.3) is 0 Å². The van der Waals surface area contributed by atoms with Gasteiger partial charge in [0.15, 0.2) is 0 Å². The number of nitrogens with zero attached hydrogens (tertiary/aromatic N) is 1. The summed E-state index contributed by atoms with van der Waals surface area (Å²) in [6, 6.07) is 10.9. The number of piperidine rings is 1. The van der Waals surface area contributed by atoms with Crippen LogP contribution in [0.2, 0.25) is 0 Å². The Morgan fingerprint density at radius 2 is 1.88 bits per heavy atom. The molecule has 2 rings (SSSR count). The van der Waals surface area contributed by atoms with Gasteiger partial charge in [0.2, 0.25) is 0 Å². The molecular weight excluding hydrogens is 210 g/mol. The smallest absolute Gasteiger partial charge is 0.0593 e. The van der Waals surface area contributed by atoms with Crippen LogP contribution in [0.25, 0.3) is 0 Å². The normalized spacial score (nSPS) is 18.4. The van der Waals surface area contributed by atoms with E-state index in [2.05, 4.69) is 42.2 Å². The van der Waals surface area contributed by atoms with Crippen molar-refractivity contribution >= 4 is 0 Å². The molecule has 1 saturated heterocycles. The van der Waals surface area contributed by atoms with Crippen LogP contribution in [-0.2, 0) is 4.74 Å². The summed E-state index contributed by atoms with van der Waals surface area (Å²) in [7, 11) is 0. The molecule has 94 valence electrons. The molecule has 0 unspecified atom stereocenters. The molecule has 2 nitrogen and oxygen atoms in total. The van der Waals surface area contributed by atoms with Crippen molar-refractivity contribution in [1.29, 1.82) is 0 Å². The van der Waals surface area contributed by atoms with E-state index >= 15 is 0 Å². The van der Waals surface area contributed by atoms with Gasteiger partial charge in [-0.05, 0) is 44.3 Å². The average Bonchev–Trinajstić information content (AvgIpc) is 2.41. The van der Waals surface area contributed by atoms with Crippen LogP contribution in [0.1, 0.15) is 31.2 Å². The van der Waals surface area contributed by atoms with Gasteiger partial charge >= 0.3 is 0 Å². The molecule has 0 aliphatic carbocycles. The molecule has 17 heavy (non-hydrogen) atoms. The van der Waals surface area contributed by atoms with Crippen molar-refractivity contribution in [3.05, 3.63) is 35.9 Å². The number of rotatable bonds is 5. The molecule has 1 fully saturated rings. The van der Waals surface area contributed by atoms with Crippen molar-refractivity contribution in [2.24, 2.45) is 0 Å². The van der Waals surface area contributed by atoms with Gasteiger partial charge in [-0.1, -0.05) is 30.3 Å². The Hall–Kier alpha value is -0.860. The van der Waals surface area contributed by atoms with E-state index in [1.807, 2.05) is 0 Å². The van der Waals surface area contributed by atoms with E-state index in [1.54, 1.807) is 0 Å². The highest BCUT2D eigenvalue weighted by Gasteiger charge is 2.19. The maximum Gasteiger partial charge on any atom is 0.0593 e. The number of ether oxygens (including phenoxy) is 1. The second-order valence-corrected chi connectivity index (χ2v) is 4.72. The van der Waals surface area contributed by atoms with E-state index in [4.69, 9.17) is 4.74 Å². The Labute approximate surface area is 105 Å². The third kappa shape index (κ3) is 3.83. The van der Waals surface area contributed by atoms with Gasteiger partial charge in [0.05, 0.1) is 6.61 Å². The molecule has 1 aromatic carbocycles. The van der Waals surface area contributed by atoms with Crippen molar-refractivity contribution in [3.8, 4) is 0 Å². The van der Waals surface area contributed by atoms with Gasteiger partial charge in [-0.15, -0.1) is 0 Å². The predicted molar refractivity (Wildman–Crippen MR) is 71.4 cm³/mol. The summed E-state index contributed by atoms with van der Waals surface area (Å²) in [5.74, 6) is 0.763. The second-order valence-electron chi connectivity index (χ2n) is 4.72. The summed E-state index contributed by atoms with van der Waals surface area (Å²) in [6.45, 7) is 7.29. The lowest BCUT2D eigenvalue weighted by molar-refractivity contribution is 0.102. The molecule has 0 amide bonds. The summed E-state index contributed by atoms with van der Waals surface area (Å²) in [4.78, 5) is 2.52. The van der Waals surface area contributed by atoms with Crippen molar-refractivity contribution in [2.75, 3.05) is 32.8 Å². The molecular formula is C15H23NO. The first-order valence-corrected chi connectivity index (χ1v) is 6.75. The molecule has 2 heteroatoms. The van der Waals surface area contributed by atoms with E-state index in [-0.39, 0.29) is 0 Å². The maximum atomic E-state index is 5.41. The fourth-order valence-corrected chi connectivity index (χ4v) is 2.55. The van der Waals surface area contributed by atoms with Crippen LogP contribution in [0.3, 0.4) is 0 Å². The zero-order valence-corrected chi connectivity index (χ0v) is 10.8. The van der Waals surface area contributed by atoms with E-state index in [0.29, 0.717) is 0 Å². The van der Waals surface area contributed by atoms with Crippen LogP contribution in [0.5, 0.6) is 0 Å². The first-order valence-electron chi connectivity index (χ1n) is 6.75. The third-order valence-electron chi connectivity index (χ3n) is 3.61. The van der Waals surface area contributed by atoms with Crippen LogP contribution in [0.4, 0.5) is 0 Å². The first-order chi connectivity index (χ1) is 8.40. The van der Waals surface area contributed by atoms with Gasteiger partial charge in [0.1, 0.15) is 0 Å². The quantitative estimate of drug-likeness (QED) is 0.725. The summed E-state index contributed by atoms with van der Waals surface area (Å²) < 4.78 is 5.41. The minimum atomic E-state index is 0.763. The Morgan fingerprint density at radius 1 is 1.18 bits per heavy atom. The molecule has 0 N–H and O–H groups in total. The SMILES string of the molecule is CCOCCN1CCC(c2ccccc2)CC1. The van der Waals surface area contributed by atoms with Crippen LogP contribution in [-0.4, -0.2) is 37.7 Å². The highest BCUT2D eigenvalue weighted by molar-refractivity contribution is 5.19. The van der Waals surface area contributed by atoms with Gasteiger partial charge in [-0.25, -0.2) is 0 Å².